The first-order valence-corrected chi connectivity index (χ1v) is 7.30. The standard InChI is InChI=1S/C16H14N2O2S/c1-10-3-5-11(6-4-10)15(19)18-16-17-13-8-7-12(20-2)9-14(13)21-16/h3-9H,1-2H3,(H,17,18,19). The second-order valence-corrected chi connectivity index (χ2v) is 5.70. The van der Waals surface area contributed by atoms with Crippen LogP contribution >= 0.6 is 11.3 Å². The van der Waals surface area contributed by atoms with Crippen LogP contribution in [0.2, 0.25) is 0 Å². The molecule has 0 radical (unpaired) electrons. The predicted molar refractivity (Wildman–Crippen MR) is 85.3 cm³/mol. The van der Waals surface area contributed by atoms with Gasteiger partial charge in [0.05, 0.1) is 17.3 Å². The Bertz CT molecular complexity index is 794. The number of carbonyl (C=O) groups is 1. The molecule has 0 atom stereocenters. The van der Waals surface area contributed by atoms with Crippen molar-refractivity contribution in [2.75, 3.05) is 12.4 Å². The minimum absolute atomic E-state index is 0.152. The maximum absolute atomic E-state index is 12.2. The minimum Gasteiger partial charge on any atom is -0.497 e. The molecular weight excluding hydrogens is 284 g/mol. The summed E-state index contributed by atoms with van der Waals surface area (Å²) in [7, 11) is 1.63. The fourth-order valence-corrected chi connectivity index (χ4v) is 2.85. The van der Waals surface area contributed by atoms with E-state index in [4.69, 9.17) is 4.74 Å². The third-order valence-electron chi connectivity index (χ3n) is 3.13. The molecule has 0 saturated heterocycles. The van der Waals surface area contributed by atoms with Gasteiger partial charge in [0.25, 0.3) is 5.91 Å². The van der Waals surface area contributed by atoms with Gasteiger partial charge in [0.2, 0.25) is 0 Å². The number of fused-ring (bicyclic) bond motifs is 1. The SMILES string of the molecule is COc1ccc2nc(NC(=O)c3ccc(C)cc3)sc2c1. The number of aromatic nitrogens is 1. The van der Waals surface area contributed by atoms with E-state index in [1.165, 1.54) is 11.3 Å². The molecule has 1 heterocycles. The van der Waals surface area contributed by atoms with Gasteiger partial charge in [-0.1, -0.05) is 29.0 Å². The van der Waals surface area contributed by atoms with Crippen LogP contribution in [0, 0.1) is 6.92 Å². The molecule has 0 aliphatic rings. The van der Waals surface area contributed by atoms with Gasteiger partial charge in [-0.05, 0) is 37.3 Å². The molecular formula is C16H14N2O2S. The van der Waals surface area contributed by atoms with E-state index in [0.717, 1.165) is 21.5 Å². The summed E-state index contributed by atoms with van der Waals surface area (Å²) < 4.78 is 6.16. The lowest BCUT2D eigenvalue weighted by molar-refractivity contribution is 0.102. The number of anilines is 1. The fraction of sp³-hybridized carbons (Fsp3) is 0.125. The van der Waals surface area contributed by atoms with Crippen molar-refractivity contribution in [1.82, 2.24) is 4.98 Å². The summed E-state index contributed by atoms with van der Waals surface area (Å²) in [6.07, 6.45) is 0. The summed E-state index contributed by atoms with van der Waals surface area (Å²) in [5.74, 6) is 0.628. The molecule has 1 N–H and O–H groups in total. The van der Waals surface area contributed by atoms with Crippen LogP contribution in [0.15, 0.2) is 42.5 Å². The Kier molecular flexibility index (Phi) is 3.58. The highest BCUT2D eigenvalue weighted by atomic mass is 32.1. The lowest BCUT2D eigenvalue weighted by atomic mass is 10.1. The smallest absolute Gasteiger partial charge is 0.257 e. The lowest BCUT2D eigenvalue weighted by Gasteiger charge is -2.01. The van der Waals surface area contributed by atoms with E-state index in [1.54, 1.807) is 19.2 Å². The number of rotatable bonds is 3. The zero-order chi connectivity index (χ0) is 14.8. The van der Waals surface area contributed by atoms with Crippen LogP contribution < -0.4 is 10.1 Å². The van der Waals surface area contributed by atoms with E-state index in [2.05, 4.69) is 10.3 Å². The number of hydrogen-bond acceptors (Lipinski definition) is 4. The second kappa shape index (κ2) is 5.54. The maximum atomic E-state index is 12.2. The lowest BCUT2D eigenvalue weighted by Crippen LogP contribution is -2.11. The van der Waals surface area contributed by atoms with Gasteiger partial charge in [-0.15, -0.1) is 0 Å². The molecule has 4 nitrogen and oxygen atoms in total. The molecule has 106 valence electrons. The molecule has 0 spiro atoms. The van der Waals surface area contributed by atoms with Crippen LogP contribution in [0.25, 0.3) is 10.2 Å². The summed E-state index contributed by atoms with van der Waals surface area (Å²) in [6, 6.07) is 13.1. The monoisotopic (exact) mass is 298 g/mol. The average Bonchev–Trinajstić information content (AvgIpc) is 2.88. The Morgan fingerprint density at radius 1 is 1.19 bits per heavy atom. The van der Waals surface area contributed by atoms with Gasteiger partial charge >= 0.3 is 0 Å². The Balaban J connectivity index is 1.84. The molecule has 1 aromatic heterocycles. The van der Waals surface area contributed by atoms with Gasteiger partial charge in [0.1, 0.15) is 5.75 Å². The summed E-state index contributed by atoms with van der Waals surface area (Å²) in [4.78, 5) is 16.6. The average molecular weight is 298 g/mol. The number of ether oxygens (including phenoxy) is 1. The van der Waals surface area contributed by atoms with Crippen LogP contribution in [0.4, 0.5) is 5.13 Å². The highest BCUT2D eigenvalue weighted by Crippen LogP contribution is 2.29. The normalized spacial score (nSPS) is 10.6. The fourth-order valence-electron chi connectivity index (χ4n) is 1.96. The number of nitrogens with zero attached hydrogens (tertiary/aromatic N) is 1. The van der Waals surface area contributed by atoms with Gasteiger partial charge in [-0.2, -0.15) is 0 Å². The molecule has 5 heteroatoms. The summed E-state index contributed by atoms with van der Waals surface area (Å²) >= 11 is 1.43. The number of thiazole rings is 1. The van der Waals surface area contributed by atoms with Gasteiger partial charge in [0, 0.05) is 5.56 Å². The first kappa shape index (κ1) is 13.6. The van der Waals surface area contributed by atoms with Crippen LogP contribution in [-0.4, -0.2) is 18.0 Å². The van der Waals surface area contributed by atoms with Crippen molar-refractivity contribution in [3.8, 4) is 5.75 Å². The van der Waals surface area contributed by atoms with Crippen molar-refractivity contribution < 1.29 is 9.53 Å². The van der Waals surface area contributed by atoms with E-state index in [1.807, 2.05) is 37.3 Å². The second-order valence-electron chi connectivity index (χ2n) is 4.67. The minimum atomic E-state index is -0.152. The maximum Gasteiger partial charge on any atom is 0.257 e. The topological polar surface area (TPSA) is 51.2 Å². The third-order valence-corrected chi connectivity index (χ3v) is 4.06. The molecule has 0 aliphatic carbocycles. The van der Waals surface area contributed by atoms with Crippen LogP contribution in [0.5, 0.6) is 5.75 Å². The highest BCUT2D eigenvalue weighted by molar-refractivity contribution is 7.22. The van der Waals surface area contributed by atoms with Crippen molar-refractivity contribution in [3.63, 3.8) is 0 Å². The van der Waals surface area contributed by atoms with Gasteiger partial charge in [0.15, 0.2) is 5.13 Å². The first-order valence-electron chi connectivity index (χ1n) is 6.48. The van der Waals surface area contributed by atoms with Crippen molar-refractivity contribution in [2.45, 2.75) is 6.92 Å². The number of hydrogen-bond donors (Lipinski definition) is 1. The molecule has 0 fully saturated rings. The third kappa shape index (κ3) is 2.87. The molecule has 2 aromatic carbocycles. The van der Waals surface area contributed by atoms with Crippen LogP contribution in [-0.2, 0) is 0 Å². The predicted octanol–water partition coefficient (Wildman–Crippen LogP) is 3.87. The van der Waals surface area contributed by atoms with Gasteiger partial charge in [-0.3, -0.25) is 10.1 Å². The van der Waals surface area contributed by atoms with E-state index >= 15 is 0 Å². The van der Waals surface area contributed by atoms with Crippen molar-refractivity contribution >= 4 is 32.6 Å². The molecule has 0 unspecified atom stereocenters. The van der Waals surface area contributed by atoms with E-state index in [9.17, 15) is 4.79 Å². The number of carbonyl (C=O) groups excluding carboxylic acids is 1. The zero-order valence-corrected chi connectivity index (χ0v) is 12.5. The number of amides is 1. The first-order chi connectivity index (χ1) is 10.2. The largest absolute Gasteiger partial charge is 0.497 e. The summed E-state index contributed by atoms with van der Waals surface area (Å²) in [5.41, 5.74) is 2.59. The van der Waals surface area contributed by atoms with E-state index < -0.39 is 0 Å². The number of methoxy groups -OCH3 is 1. The zero-order valence-electron chi connectivity index (χ0n) is 11.7. The van der Waals surface area contributed by atoms with E-state index in [-0.39, 0.29) is 5.91 Å². The van der Waals surface area contributed by atoms with Crippen LogP contribution in [0.3, 0.4) is 0 Å². The molecule has 1 amide bonds. The Morgan fingerprint density at radius 3 is 2.67 bits per heavy atom. The quantitative estimate of drug-likeness (QED) is 0.798. The highest BCUT2D eigenvalue weighted by Gasteiger charge is 2.10. The number of aryl methyl sites for hydroxylation is 1. The Morgan fingerprint density at radius 2 is 1.95 bits per heavy atom. The van der Waals surface area contributed by atoms with Gasteiger partial charge < -0.3 is 4.74 Å². The molecule has 21 heavy (non-hydrogen) atoms. The van der Waals surface area contributed by atoms with Gasteiger partial charge in [-0.25, -0.2) is 4.98 Å². The van der Waals surface area contributed by atoms with Crippen molar-refractivity contribution in [3.05, 3.63) is 53.6 Å². The molecule has 0 aliphatic heterocycles. The molecule has 3 rings (SSSR count). The summed E-state index contributed by atoms with van der Waals surface area (Å²) in [6.45, 7) is 1.99. The number of nitrogens with one attached hydrogen (secondary N) is 1. The Hall–Kier alpha value is -2.40. The van der Waals surface area contributed by atoms with E-state index in [0.29, 0.717) is 10.7 Å². The summed E-state index contributed by atoms with van der Waals surface area (Å²) in [5, 5.41) is 3.42. The molecule has 3 aromatic rings. The molecule has 0 saturated carbocycles. The Labute approximate surface area is 126 Å². The van der Waals surface area contributed by atoms with Crippen molar-refractivity contribution in [1.29, 1.82) is 0 Å². The van der Waals surface area contributed by atoms with Crippen LogP contribution in [0.1, 0.15) is 15.9 Å². The van der Waals surface area contributed by atoms with Crippen molar-refractivity contribution in [2.24, 2.45) is 0 Å². The number of benzene rings is 2. The molecule has 0 bridgehead atoms.